The Morgan fingerprint density at radius 3 is 3.00 bits per heavy atom. The molecule has 17 heavy (non-hydrogen) atoms. The van der Waals surface area contributed by atoms with E-state index < -0.39 is 6.08 Å². The molecular formula is C11H13FN4O. The maximum atomic E-state index is 12.9. The molecule has 0 atom stereocenters. The van der Waals surface area contributed by atoms with Gasteiger partial charge in [-0.3, -0.25) is 0 Å². The van der Waals surface area contributed by atoms with E-state index in [4.69, 9.17) is 4.84 Å². The Balaban J connectivity index is 1.77. The van der Waals surface area contributed by atoms with Crippen LogP contribution < -0.4 is 4.84 Å². The van der Waals surface area contributed by atoms with Gasteiger partial charge in [0.25, 0.3) is 0 Å². The van der Waals surface area contributed by atoms with E-state index in [1.54, 1.807) is 0 Å². The maximum absolute atomic E-state index is 12.9. The van der Waals surface area contributed by atoms with Crippen molar-refractivity contribution in [2.24, 2.45) is 5.92 Å². The molecule has 0 amide bonds. The van der Waals surface area contributed by atoms with Crippen molar-refractivity contribution in [3.63, 3.8) is 0 Å². The van der Waals surface area contributed by atoms with Crippen LogP contribution in [0.4, 0.5) is 4.39 Å². The van der Waals surface area contributed by atoms with E-state index in [0.29, 0.717) is 23.7 Å². The van der Waals surface area contributed by atoms with Crippen molar-refractivity contribution >= 4 is 11.2 Å². The quantitative estimate of drug-likeness (QED) is 0.759. The Morgan fingerprint density at radius 1 is 1.35 bits per heavy atom. The highest BCUT2D eigenvalue weighted by molar-refractivity contribution is 5.68. The molecule has 2 aromatic rings. The van der Waals surface area contributed by atoms with Crippen LogP contribution in [0, 0.1) is 12.0 Å². The molecule has 2 heterocycles. The SMILES string of the molecule is Fc1ncc2ncn(OCC3CCCC3)c2n1. The highest BCUT2D eigenvalue weighted by Crippen LogP contribution is 2.24. The topological polar surface area (TPSA) is 52.8 Å². The molecule has 0 aliphatic heterocycles. The first-order chi connectivity index (χ1) is 8.33. The second-order valence-electron chi connectivity index (χ2n) is 4.36. The molecule has 1 aliphatic rings. The van der Waals surface area contributed by atoms with Crippen LogP contribution in [0.2, 0.25) is 0 Å². The summed E-state index contributed by atoms with van der Waals surface area (Å²) in [5, 5.41) is 0. The highest BCUT2D eigenvalue weighted by atomic mass is 19.1. The second-order valence-corrected chi connectivity index (χ2v) is 4.36. The molecule has 0 aromatic carbocycles. The molecule has 1 fully saturated rings. The van der Waals surface area contributed by atoms with Crippen LogP contribution in [-0.2, 0) is 0 Å². The van der Waals surface area contributed by atoms with E-state index in [2.05, 4.69) is 15.0 Å². The molecule has 3 rings (SSSR count). The summed E-state index contributed by atoms with van der Waals surface area (Å²) >= 11 is 0. The van der Waals surface area contributed by atoms with Crippen molar-refractivity contribution in [3.8, 4) is 0 Å². The number of nitrogens with zero attached hydrogens (tertiary/aromatic N) is 4. The van der Waals surface area contributed by atoms with Crippen LogP contribution >= 0.6 is 0 Å². The minimum atomic E-state index is -0.760. The summed E-state index contributed by atoms with van der Waals surface area (Å²) in [4.78, 5) is 16.8. The van der Waals surface area contributed by atoms with E-state index in [9.17, 15) is 4.39 Å². The first-order valence-corrected chi connectivity index (χ1v) is 5.82. The molecule has 1 saturated carbocycles. The molecule has 0 N–H and O–H groups in total. The average molecular weight is 236 g/mol. The second kappa shape index (κ2) is 4.27. The summed E-state index contributed by atoms with van der Waals surface area (Å²) in [6, 6.07) is 0. The molecule has 0 saturated heterocycles. The van der Waals surface area contributed by atoms with Gasteiger partial charge in [-0.2, -0.15) is 14.1 Å². The zero-order chi connectivity index (χ0) is 11.7. The highest BCUT2D eigenvalue weighted by Gasteiger charge is 2.16. The van der Waals surface area contributed by atoms with Crippen LogP contribution in [0.25, 0.3) is 11.2 Å². The number of halogens is 1. The molecule has 2 aromatic heterocycles. The molecular weight excluding hydrogens is 223 g/mol. The zero-order valence-electron chi connectivity index (χ0n) is 9.34. The minimum absolute atomic E-state index is 0.385. The number of rotatable bonds is 3. The zero-order valence-corrected chi connectivity index (χ0v) is 9.34. The summed E-state index contributed by atoms with van der Waals surface area (Å²) in [5.41, 5.74) is 0.924. The van der Waals surface area contributed by atoms with Crippen molar-refractivity contribution in [1.82, 2.24) is 19.7 Å². The Labute approximate surface area is 97.6 Å². The van der Waals surface area contributed by atoms with Gasteiger partial charge in [0.2, 0.25) is 5.65 Å². The van der Waals surface area contributed by atoms with E-state index >= 15 is 0 Å². The fourth-order valence-corrected chi connectivity index (χ4v) is 2.23. The van der Waals surface area contributed by atoms with Gasteiger partial charge in [-0.15, -0.1) is 0 Å². The molecule has 0 spiro atoms. The first kappa shape index (κ1) is 10.4. The Bertz CT molecular complexity index is 521. The van der Waals surface area contributed by atoms with Crippen molar-refractivity contribution in [2.75, 3.05) is 6.61 Å². The molecule has 1 aliphatic carbocycles. The monoisotopic (exact) mass is 236 g/mol. The lowest BCUT2D eigenvalue weighted by Gasteiger charge is -2.11. The Hall–Kier alpha value is -1.72. The van der Waals surface area contributed by atoms with Crippen molar-refractivity contribution in [2.45, 2.75) is 25.7 Å². The summed E-state index contributed by atoms with van der Waals surface area (Å²) < 4.78 is 14.3. The first-order valence-electron chi connectivity index (χ1n) is 5.82. The fourth-order valence-electron chi connectivity index (χ4n) is 2.23. The van der Waals surface area contributed by atoms with Gasteiger partial charge in [0.15, 0.2) is 0 Å². The van der Waals surface area contributed by atoms with E-state index in [1.165, 1.54) is 42.9 Å². The minimum Gasteiger partial charge on any atom is -0.411 e. The summed E-state index contributed by atoms with van der Waals surface area (Å²) in [6.45, 7) is 0.636. The van der Waals surface area contributed by atoms with Crippen LogP contribution in [0.15, 0.2) is 12.5 Å². The van der Waals surface area contributed by atoms with Crippen LogP contribution in [0.1, 0.15) is 25.7 Å². The normalized spacial score (nSPS) is 16.8. The summed E-state index contributed by atoms with van der Waals surface area (Å²) in [6.07, 6.45) is 7.06. The van der Waals surface area contributed by atoms with Crippen LogP contribution in [-0.4, -0.2) is 26.3 Å². The van der Waals surface area contributed by atoms with Crippen LogP contribution in [0.5, 0.6) is 0 Å². The van der Waals surface area contributed by atoms with Gasteiger partial charge in [-0.25, -0.2) is 9.97 Å². The third-order valence-electron chi connectivity index (χ3n) is 3.16. The van der Waals surface area contributed by atoms with E-state index in [1.807, 2.05) is 0 Å². The molecule has 90 valence electrons. The van der Waals surface area contributed by atoms with Gasteiger partial charge in [-0.05, 0) is 18.8 Å². The van der Waals surface area contributed by atoms with Crippen LogP contribution in [0.3, 0.4) is 0 Å². The standard InChI is InChI=1S/C11H13FN4O/c12-11-13-5-9-10(15-11)16(7-14-9)17-6-8-3-1-2-4-8/h5,7-8H,1-4,6H2. The van der Waals surface area contributed by atoms with E-state index in [0.717, 1.165) is 0 Å². The summed E-state index contributed by atoms with van der Waals surface area (Å²) in [5.74, 6) is 0.596. The van der Waals surface area contributed by atoms with Gasteiger partial charge in [-0.1, -0.05) is 12.8 Å². The van der Waals surface area contributed by atoms with Gasteiger partial charge < -0.3 is 4.84 Å². The van der Waals surface area contributed by atoms with E-state index in [-0.39, 0.29) is 0 Å². The van der Waals surface area contributed by atoms with Gasteiger partial charge in [0, 0.05) is 0 Å². The number of imidazole rings is 1. The lowest BCUT2D eigenvalue weighted by Crippen LogP contribution is -2.18. The van der Waals surface area contributed by atoms with Crippen molar-refractivity contribution in [1.29, 1.82) is 0 Å². The smallest absolute Gasteiger partial charge is 0.310 e. The summed E-state index contributed by atoms with van der Waals surface area (Å²) in [7, 11) is 0. The molecule has 0 bridgehead atoms. The van der Waals surface area contributed by atoms with Gasteiger partial charge in [0.1, 0.15) is 18.5 Å². The molecule has 0 unspecified atom stereocenters. The van der Waals surface area contributed by atoms with Crippen molar-refractivity contribution < 1.29 is 9.23 Å². The molecule has 6 heteroatoms. The third-order valence-corrected chi connectivity index (χ3v) is 3.16. The Morgan fingerprint density at radius 2 is 2.18 bits per heavy atom. The average Bonchev–Trinajstić information content (AvgIpc) is 2.94. The molecule has 0 radical (unpaired) electrons. The van der Waals surface area contributed by atoms with Crippen molar-refractivity contribution in [3.05, 3.63) is 18.6 Å². The lowest BCUT2D eigenvalue weighted by molar-refractivity contribution is 0.0878. The van der Waals surface area contributed by atoms with Gasteiger partial charge in [0.05, 0.1) is 6.20 Å². The predicted molar refractivity (Wildman–Crippen MR) is 58.7 cm³/mol. The number of aromatic nitrogens is 4. The third kappa shape index (κ3) is 2.07. The lowest BCUT2D eigenvalue weighted by atomic mass is 10.1. The maximum Gasteiger partial charge on any atom is 0.310 e. The number of fused-ring (bicyclic) bond motifs is 1. The predicted octanol–water partition coefficient (Wildman–Crippen LogP) is 1.58. The Kier molecular flexibility index (Phi) is 2.62. The number of hydrogen-bond acceptors (Lipinski definition) is 4. The molecule has 5 nitrogen and oxygen atoms in total. The fraction of sp³-hybridized carbons (Fsp3) is 0.545. The number of hydrogen-bond donors (Lipinski definition) is 0. The largest absolute Gasteiger partial charge is 0.411 e. The van der Waals surface area contributed by atoms with Gasteiger partial charge >= 0.3 is 6.08 Å².